The van der Waals surface area contributed by atoms with Crippen LogP contribution in [0.1, 0.15) is 87.1 Å². The topological polar surface area (TPSA) is 182 Å². The molecule has 1 rings (SSSR count). The van der Waals surface area contributed by atoms with Crippen LogP contribution in [0.3, 0.4) is 0 Å². The number of hydrogen-bond acceptors (Lipinski definition) is 9. The van der Waals surface area contributed by atoms with E-state index in [1.165, 1.54) is 0 Å². The molecule has 0 heterocycles. The lowest BCUT2D eigenvalue weighted by Gasteiger charge is -2.21. The van der Waals surface area contributed by atoms with E-state index in [1.54, 1.807) is 62.3 Å². The fourth-order valence-electron chi connectivity index (χ4n) is 3.41. The van der Waals surface area contributed by atoms with Crippen molar-refractivity contribution >= 4 is 53.3 Å². The summed E-state index contributed by atoms with van der Waals surface area (Å²) in [5.74, 6) is -0.555. The van der Waals surface area contributed by atoms with Gasteiger partial charge >= 0.3 is 24.5 Å². The lowest BCUT2D eigenvalue weighted by molar-refractivity contribution is -0.137. The molecule has 0 radical (unpaired) electrons. The monoisotopic (exact) mass is 692 g/mol. The van der Waals surface area contributed by atoms with Crippen molar-refractivity contribution in [1.29, 1.82) is 0 Å². The number of anilines is 2. The number of thioether (sulfide) groups is 1. The smallest absolute Gasteiger partial charge is 0.437 e. The Kier molecular flexibility index (Phi) is 15.2. The number of nitrogen functional groups attached to an aromatic ring is 1. The quantitative estimate of drug-likeness (QED) is 0.0458. The van der Waals surface area contributed by atoms with Gasteiger partial charge in [0.05, 0.1) is 16.1 Å². The zero-order chi connectivity index (χ0) is 36.2. The molecular weight excluding hydrogens is 645 g/mol. The molecule has 1 aromatic rings. The van der Waals surface area contributed by atoms with E-state index in [1.807, 2.05) is 0 Å². The molecule has 0 bridgehead atoms. The van der Waals surface area contributed by atoms with Crippen LogP contribution in [-0.4, -0.2) is 65.8 Å². The number of unbranched alkanes of at least 4 members (excludes halogenated alkanes) is 1. The second kappa shape index (κ2) is 17.3. The van der Waals surface area contributed by atoms with E-state index in [-0.39, 0.29) is 53.9 Å². The minimum Gasteiger partial charge on any atom is -0.444 e. The fraction of sp³-hybridized carbons (Fsp3) is 0.633. The molecule has 0 saturated heterocycles. The highest BCUT2D eigenvalue weighted by Gasteiger charge is 2.32. The molecule has 0 saturated carbocycles. The number of carbonyl (C=O) groups is 4. The molecule has 0 aliphatic rings. The van der Waals surface area contributed by atoms with Crippen LogP contribution in [0.15, 0.2) is 22.0 Å². The lowest BCUT2D eigenvalue weighted by Crippen LogP contribution is -2.44. The second-order valence-electron chi connectivity index (χ2n) is 13.2. The molecule has 17 heteroatoms. The third-order valence-corrected chi connectivity index (χ3v) is 6.23. The van der Waals surface area contributed by atoms with Gasteiger partial charge in [0.2, 0.25) is 11.9 Å². The number of amides is 4. The highest BCUT2D eigenvalue weighted by molar-refractivity contribution is 7.99. The number of nitrogens with two attached hydrogens (primary N) is 1. The summed E-state index contributed by atoms with van der Waals surface area (Å²) in [6, 6.07) is 1.59. The number of halogens is 3. The molecule has 266 valence electrons. The minimum atomic E-state index is -4.70. The van der Waals surface area contributed by atoms with Crippen LogP contribution in [0.4, 0.5) is 38.9 Å². The maximum Gasteiger partial charge on any atom is 0.437 e. The first-order chi connectivity index (χ1) is 21.3. The van der Waals surface area contributed by atoms with Gasteiger partial charge in [-0.15, -0.1) is 16.8 Å². The van der Waals surface area contributed by atoms with Crippen LogP contribution < -0.4 is 27.0 Å². The molecule has 13 nitrogen and oxygen atoms in total. The molecule has 4 amide bonds. The van der Waals surface area contributed by atoms with Gasteiger partial charge in [0.25, 0.3) is 0 Å². The number of alkyl halides is 3. The number of nitrogens with zero attached hydrogens (tertiary/aromatic N) is 1. The van der Waals surface area contributed by atoms with E-state index >= 15 is 0 Å². The summed E-state index contributed by atoms with van der Waals surface area (Å²) in [5.41, 5.74) is 2.28. The molecule has 0 aliphatic heterocycles. The first-order valence-electron chi connectivity index (χ1n) is 14.8. The van der Waals surface area contributed by atoms with Gasteiger partial charge in [-0.3, -0.25) is 10.1 Å². The summed E-state index contributed by atoms with van der Waals surface area (Å²) in [5, 5.41) is 10.2. The van der Waals surface area contributed by atoms with Crippen molar-refractivity contribution in [3.8, 4) is 0 Å². The molecule has 0 fully saturated rings. The Labute approximate surface area is 277 Å². The van der Waals surface area contributed by atoms with Crippen molar-refractivity contribution in [3.05, 3.63) is 17.7 Å². The molecule has 1 aromatic carbocycles. The summed E-state index contributed by atoms with van der Waals surface area (Å²) < 4.78 is 56.0. The van der Waals surface area contributed by atoms with Gasteiger partial charge in [0.1, 0.15) is 16.8 Å². The number of aliphatic imine (C=N–C) groups is 1. The number of carbonyl (C=O) groups excluding carboxylic acids is 4. The summed E-state index contributed by atoms with van der Waals surface area (Å²) in [4.78, 5) is 53.0. The Bertz CT molecular complexity index is 1290. The van der Waals surface area contributed by atoms with E-state index in [4.69, 9.17) is 19.9 Å². The van der Waals surface area contributed by atoms with E-state index in [9.17, 15) is 32.3 Å². The second-order valence-corrected chi connectivity index (χ2v) is 14.3. The van der Waals surface area contributed by atoms with Crippen molar-refractivity contribution in [2.45, 2.75) is 109 Å². The SMILES string of the molecule is CC(C)(C)OC(=O)N=C(NCCCCC(=O)Nc1cc(C(F)(F)F)cc(N)c1SCCNC(=O)OC(C)(C)C)NC(=O)OC(C)(C)C. The van der Waals surface area contributed by atoms with Gasteiger partial charge in [-0.2, -0.15) is 13.2 Å². The van der Waals surface area contributed by atoms with Gasteiger partial charge in [0, 0.05) is 31.0 Å². The normalized spacial score (nSPS) is 12.6. The Balaban J connectivity index is 2.85. The number of guanidine groups is 1. The average molecular weight is 693 g/mol. The van der Waals surface area contributed by atoms with Crippen LogP contribution in [0.2, 0.25) is 0 Å². The first kappa shape index (κ1) is 41.1. The van der Waals surface area contributed by atoms with Gasteiger partial charge in [-0.05, 0) is 87.3 Å². The van der Waals surface area contributed by atoms with Crippen LogP contribution >= 0.6 is 11.8 Å². The molecule has 0 spiro atoms. The maximum absolute atomic E-state index is 13.5. The highest BCUT2D eigenvalue weighted by atomic mass is 32.2. The summed E-state index contributed by atoms with van der Waals surface area (Å²) >= 11 is 1.06. The van der Waals surface area contributed by atoms with E-state index in [2.05, 4.69) is 26.3 Å². The Morgan fingerprint density at radius 1 is 0.809 bits per heavy atom. The van der Waals surface area contributed by atoms with Gasteiger partial charge in [-0.1, -0.05) is 0 Å². The first-order valence-corrected chi connectivity index (χ1v) is 15.8. The van der Waals surface area contributed by atoms with E-state index in [0.717, 1.165) is 23.9 Å². The Morgan fingerprint density at radius 3 is 1.94 bits per heavy atom. The Hall–Kier alpha value is -3.89. The maximum atomic E-state index is 13.5. The predicted molar refractivity (Wildman–Crippen MR) is 174 cm³/mol. The molecular formula is C30H47F3N6O7S. The van der Waals surface area contributed by atoms with E-state index < -0.39 is 52.7 Å². The largest absolute Gasteiger partial charge is 0.444 e. The molecule has 0 unspecified atom stereocenters. The summed E-state index contributed by atoms with van der Waals surface area (Å²) in [7, 11) is 0. The van der Waals surface area contributed by atoms with Crippen molar-refractivity contribution in [2.24, 2.45) is 4.99 Å². The molecule has 6 N–H and O–H groups in total. The highest BCUT2D eigenvalue weighted by Crippen LogP contribution is 2.39. The van der Waals surface area contributed by atoms with Gasteiger partial charge in [0.15, 0.2) is 0 Å². The number of nitrogens with one attached hydrogen (secondary N) is 4. The van der Waals surface area contributed by atoms with Gasteiger partial charge in [-0.25, -0.2) is 14.4 Å². The third-order valence-electron chi connectivity index (χ3n) is 5.07. The number of rotatable bonds is 10. The molecule has 47 heavy (non-hydrogen) atoms. The fourth-order valence-corrected chi connectivity index (χ4v) is 4.31. The minimum absolute atomic E-state index is 0.0693. The van der Waals surface area contributed by atoms with Crippen LogP contribution in [0, 0.1) is 0 Å². The zero-order valence-corrected chi connectivity index (χ0v) is 29.1. The number of hydrogen-bond donors (Lipinski definition) is 5. The van der Waals surface area contributed by atoms with Crippen molar-refractivity contribution in [1.82, 2.24) is 16.0 Å². The average Bonchev–Trinajstić information content (AvgIpc) is 2.83. The molecule has 0 aromatic heterocycles. The van der Waals surface area contributed by atoms with Crippen molar-refractivity contribution in [3.63, 3.8) is 0 Å². The standard InChI is InChI=1S/C30H47F3N6O7S/c1-27(2,3)44-24(41)36-14-15-47-22-19(34)16-18(30(31,32)33)17-20(22)37-21(40)12-10-11-13-35-23(38-25(42)45-28(4,5)6)39-26(43)46-29(7,8)9/h16-17H,10-15,34H2,1-9H3,(H,36,41)(H,37,40)(H2,35,38,39,42,43). The summed E-state index contributed by atoms with van der Waals surface area (Å²) in [6.45, 7) is 15.3. The predicted octanol–water partition coefficient (Wildman–Crippen LogP) is 6.42. The van der Waals surface area contributed by atoms with Crippen LogP contribution in [0.25, 0.3) is 0 Å². The van der Waals surface area contributed by atoms with Crippen LogP contribution in [-0.2, 0) is 25.2 Å². The lowest BCUT2D eigenvalue weighted by atomic mass is 10.1. The van der Waals surface area contributed by atoms with Crippen molar-refractivity contribution < 1.29 is 46.6 Å². The molecule has 0 aliphatic carbocycles. The number of ether oxygens (including phenoxy) is 3. The zero-order valence-electron chi connectivity index (χ0n) is 28.3. The number of benzene rings is 1. The Morgan fingerprint density at radius 2 is 1.38 bits per heavy atom. The number of alkyl carbamates (subject to hydrolysis) is 2. The molecule has 0 atom stereocenters. The van der Waals surface area contributed by atoms with Crippen molar-refractivity contribution in [2.75, 3.05) is 29.9 Å². The van der Waals surface area contributed by atoms with Crippen LogP contribution in [0.5, 0.6) is 0 Å². The van der Waals surface area contributed by atoms with Gasteiger partial charge < -0.3 is 35.9 Å². The third kappa shape index (κ3) is 18.7. The summed E-state index contributed by atoms with van der Waals surface area (Å²) in [6.07, 6.45) is -6.61. The van der Waals surface area contributed by atoms with E-state index in [0.29, 0.717) is 6.42 Å².